The van der Waals surface area contributed by atoms with Crippen LogP contribution in [0.4, 0.5) is 0 Å². The summed E-state index contributed by atoms with van der Waals surface area (Å²) in [6.45, 7) is 7.75. The molecule has 5 heteroatoms. The summed E-state index contributed by atoms with van der Waals surface area (Å²) in [6, 6.07) is 9.25. The molecule has 1 atom stereocenters. The summed E-state index contributed by atoms with van der Waals surface area (Å²) in [5, 5.41) is 3.17. The molecule has 0 heterocycles. The van der Waals surface area contributed by atoms with E-state index in [0.717, 1.165) is 5.56 Å². The molecule has 0 aliphatic carbocycles. The van der Waals surface area contributed by atoms with Crippen LogP contribution >= 0.6 is 0 Å². The van der Waals surface area contributed by atoms with Crippen LogP contribution in [0.1, 0.15) is 46.1 Å². The highest BCUT2D eigenvalue weighted by Gasteiger charge is 2.22. The van der Waals surface area contributed by atoms with E-state index in [4.69, 9.17) is 9.47 Å². The maximum atomic E-state index is 12.2. The average Bonchev–Trinajstić information content (AvgIpc) is 2.46. The molecule has 0 unspecified atom stereocenters. The molecule has 0 bridgehead atoms. The fourth-order valence-electron chi connectivity index (χ4n) is 2.04. The molecule has 0 radical (unpaired) electrons. The Morgan fingerprint density at radius 3 is 2.17 bits per heavy atom. The van der Waals surface area contributed by atoms with E-state index in [0.29, 0.717) is 13.0 Å². The van der Waals surface area contributed by atoms with Crippen molar-refractivity contribution in [2.75, 3.05) is 0 Å². The zero-order valence-corrected chi connectivity index (χ0v) is 14.4. The molecule has 1 rings (SSSR count). The van der Waals surface area contributed by atoms with Crippen molar-refractivity contribution in [3.63, 3.8) is 0 Å². The number of nitrogens with one attached hydrogen (secondary N) is 1. The Kier molecular flexibility index (Phi) is 8.33. The van der Waals surface area contributed by atoms with Crippen LogP contribution in [0.5, 0.6) is 0 Å². The molecule has 23 heavy (non-hydrogen) atoms. The fraction of sp³-hybridized carbons (Fsp3) is 0.556. The van der Waals surface area contributed by atoms with E-state index in [9.17, 15) is 9.59 Å². The average molecular weight is 321 g/mol. The minimum absolute atomic E-state index is 0.152. The molecule has 0 aliphatic rings. The Bertz CT molecular complexity index is 485. The van der Waals surface area contributed by atoms with Crippen molar-refractivity contribution in [2.45, 2.75) is 65.3 Å². The lowest BCUT2D eigenvalue weighted by atomic mass is 10.1. The number of carbonyl (C=O) groups is 2. The Hall–Kier alpha value is -1.88. The van der Waals surface area contributed by atoms with Crippen molar-refractivity contribution >= 4 is 11.9 Å². The van der Waals surface area contributed by atoms with E-state index < -0.39 is 6.04 Å². The molecule has 1 aromatic rings. The molecule has 0 fully saturated rings. The molecule has 128 valence electrons. The van der Waals surface area contributed by atoms with Gasteiger partial charge in [0.2, 0.25) is 0 Å². The molecule has 0 spiro atoms. The van der Waals surface area contributed by atoms with Gasteiger partial charge >= 0.3 is 11.9 Å². The van der Waals surface area contributed by atoms with Gasteiger partial charge in [0.1, 0.15) is 6.04 Å². The predicted molar refractivity (Wildman–Crippen MR) is 88.8 cm³/mol. The molecule has 0 saturated carbocycles. The zero-order valence-electron chi connectivity index (χ0n) is 14.4. The summed E-state index contributed by atoms with van der Waals surface area (Å²) in [5.74, 6) is -0.642. The van der Waals surface area contributed by atoms with Crippen LogP contribution in [0.25, 0.3) is 0 Å². The maximum Gasteiger partial charge on any atom is 0.323 e. The second kappa shape index (κ2) is 10.0. The molecule has 0 amide bonds. The van der Waals surface area contributed by atoms with Crippen LogP contribution in [0.2, 0.25) is 0 Å². The lowest BCUT2D eigenvalue weighted by Crippen LogP contribution is -2.39. The number of carbonyl (C=O) groups excluding carboxylic acids is 2. The van der Waals surface area contributed by atoms with Crippen molar-refractivity contribution in [1.29, 1.82) is 0 Å². The van der Waals surface area contributed by atoms with Gasteiger partial charge in [0, 0.05) is 13.0 Å². The topological polar surface area (TPSA) is 64.6 Å². The molecule has 0 aromatic heterocycles. The SMILES string of the molecule is CC(C)OC(=O)CC[C@H](NCc1ccccc1)C(=O)OC(C)C. The van der Waals surface area contributed by atoms with E-state index in [-0.39, 0.29) is 30.6 Å². The maximum absolute atomic E-state index is 12.2. The minimum atomic E-state index is -0.530. The smallest absolute Gasteiger partial charge is 0.323 e. The summed E-state index contributed by atoms with van der Waals surface area (Å²) in [4.78, 5) is 23.8. The van der Waals surface area contributed by atoms with Gasteiger partial charge in [0.25, 0.3) is 0 Å². The Morgan fingerprint density at radius 2 is 1.61 bits per heavy atom. The number of esters is 2. The first-order valence-corrected chi connectivity index (χ1v) is 8.05. The van der Waals surface area contributed by atoms with E-state index in [1.54, 1.807) is 27.7 Å². The van der Waals surface area contributed by atoms with Gasteiger partial charge in [-0.15, -0.1) is 0 Å². The molecular weight excluding hydrogens is 294 g/mol. The zero-order chi connectivity index (χ0) is 17.2. The van der Waals surface area contributed by atoms with Crippen LogP contribution in [0, 0.1) is 0 Å². The van der Waals surface area contributed by atoms with Gasteiger partial charge in [0.05, 0.1) is 12.2 Å². The lowest BCUT2D eigenvalue weighted by molar-refractivity contribution is -0.151. The van der Waals surface area contributed by atoms with E-state index in [2.05, 4.69) is 5.32 Å². The standard InChI is InChI=1S/C18H27NO4/c1-13(2)22-17(20)11-10-16(18(21)23-14(3)4)19-12-15-8-6-5-7-9-15/h5-9,13-14,16,19H,10-12H2,1-4H3/t16-/m0/s1. The van der Waals surface area contributed by atoms with Crippen LogP contribution in [-0.2, 0) is 25.6 Å². The lowest BCUT2D eigenvalue weighted by Gasteiger charge is -2.19. The summed E-state index contributed by atoms with van der Waals surface area (Å²) < 4.78 is 10.4. The second-order valence-electron chi connectivity index (χ2n) is 5.98. The first-order valence-electron chi connectivity index (χ1n) is 8.05. The third kappa shape index (κ3) is 8.35. The summed E-state index contributed by atoms with van der Waals surface area (Å²) in [5.41, 5.74) is 1.07. The normalized spacial score (nSPS) is 12.3. The van der Waals surface area contributed by atoms with E-state index in [1.807, 2.05) is 30.3 Å². The highest BCUT2D eigenvalue weighted by molar-refractivity contribution is 5.77. The van der Waals surface area contributed by atoms with E-state index in [1.165, 1.54) is 0 Å². The Labute approximate surface area is 138 Å². The van der Waals surface area contributed by atoms with Crippen molar-refractivity contribution in [1.82, 2.24) is 5.32 Å². The van der Waals surface area contributed by atoms with Gasteiger partial charge in [-0.1, -0.05) is 30.3 Å². The number of rotatable bonds is 9. The molecule has 0 aliphatic heterocycles. The van der Waals surface area contributed by atoms with Gasteiger partial charge in [-0.25, -0.2) is 0 Å². The van der Waals surface area contributed by atoms with Gasteiger partial charge < -0.3 is 14.8 Å². The quantitative estimate of drug-likeness (QED) is 0.709. The van der Waals surface area contributed by atoms with Gasteiger partial charge in [0.15, 0.2) is 0 Å². The third-order valence-corrected chi connectivity index (χ3v) is 3.04. The highest BCUT2D eigenvalue weighted by Crippen LogP contribution is 2.07. The molecule has 1 N–H and O–H groups in total. The summed E-state index contributed by atoms with van der Waals surface area (Å²) in [6.07, 6.45) is 0.189. The molecule has 5 nitrogen and oxygen atoms in total. The first kappa shape index (κ1) is 19.2. The van der Waals surface area contributed by atoms with Crippen molar-refractivity contribution in [3.8, 4) is 0 Å². The van der Waals surface area contributed by atoms with E-state index >= 15 is 0 Å². The van der Waals surface area contributed by atoms with Crippen LogP contribution < -0.4 is 5.32 Å². The van der Waals surface area contributed by atoms with Gasteiger partial charge in [-0.3, -0.25) is 9.59 Å². The van der Waals surface area contributed by atoms with Crippen molar-refractivity contribution < 1.29 is 19.1 Å². The molecule has 0 saturated heterocycles. The van der Waals surface area contributed by atoms with Gasteiger partial charge in [-0.2, -0.15) is 0 Å². The Balaban J connectivity index is 2.58. The van der Waals surface area contributed by atoms with Crippen LogP contribution in [0.3, 0.4) is 0 Å². The minimum Gasteiger partial charge on any atom is -0.463 e. The Morgan fingerprint density at radius 1 is 1.00 bits per heavy atom. The summed E-state index contributed by atoms with van der Waals surface area (Å²) >= 11 is 0. The molecule has 1 aromatic carbocycles. The number of benzene rings is 1. The summed E-state index contributed by atoms with van der Waals surface area (Å²) in [7, 11) is 0. The highest BCUT2D eigenvalue weighted by atomic mass is 16.5. The van der Waals surface area contributed by atoms with Crippen molar-refractivity contribution in [3.05, 3.63) is 35.9 Å². The van der Waals surface area contributed by atoms with Crippen LogP contribution in [0.15, 0.2) is 30.3 Å². The van der Waals surface area contributed by atoms with Crippen LogP contribution in [-0.4, -0.2) is 30.2 Å². The monoisotopic (exact) mass is 321 g/mol. The fourth-order valence-corrected chi connectivity index (χ4v) is 2.04. The largest absolute Gasteiger partial charge is 0.463 e. The first-order chi connectivity index (χ1) is 10.9. The number of hydrogen-bond donors (Lipinski definition) is 1. The second-order valence-corrected chi connectivity index (χ2v) is 5.98. The predicted octanol–water partition coefficient (Wildman–Crippen LogP) is 2.83. The molecular formula is C18H27NO4. The number of ether oxygens (including phenoxy) is 2. The van der Waals surface area contributed by atoms with Crippen molar-refractivity contribution in [2.24, 2.45) is 0 Å². The third-order valence-electron chi connectivity index (χ3n) is 3.04. The van der Waals surface area contributed by atoms with Gasteiger partial charge in [-0.05, 0) is 39.7 Å². The number of hydrogen-bond acceptors (Lipinski definition) is 5.